The van der Waals surface area contributed by atoms with E-state index in [0.29, 0.717) is 10.8 Å². The Bertz CT molecular complexity index is 825. The van der Waals surface area contributed by atoms with Crippen LogP contribution in [-0.2, 0) is 9.53 Å². The van der Waals surface area contributed by atoms with Crippen molar-refractivity contribution < 1.29 is 14.3 Å². The molecule has 7 heteroatoms. The van der Waals surface area contributed by atoms with Crippen LogP contribution in [0.2, 0.25) is 0 Å². The highest BCUT2D eigenvalue weighted by molar-refractivity contribution is 9.10. The van der Waals surface area contributed by atoms with E-state index in [4.69, 9.17) is 0 Å². The molecule has 0 aliphatic rings. The number of thioether (sulfide) groups is 1. The van der Waals surface area contributed by atoms with Crippen LogP contribution in [0.5, 0.6) is 0 Å². The molecule has 0 fully saturated rings. The van der Waals surface area contributed by atoms with Gasteiger partial charge in [0.1, 0.15) is 0 Å². The molecule has 152 valence electrons. The first-order chi connectivity index (χ1) is 13.2. The van der Waals surface area contributed by atoms with Crippen molar-refractivity contribution in [2.24, 2.45) is 5.92 Å². The summed E-state index contributed by atoms with van der Waals surface area (Å²) in [5.41, 5.74) is 2.45. The molecule has 0 saturated heterocycles. The van der Waals surface area contributed by atoms with Crippen molar-refractivity contribution in [3.8, 4) is 0 Å². The normalized spacial score (nSPS) is 12.1. The van der Waals surface area contributed by atoms with E-state index >= 15 is 0 Å². The molecular weight excluding hydrogens is 458 g/mol. The van der Waals surface area contributed by atoms with Crippen LogP contribution in [-0.4, -0.2) is 25.5 Å². The Balaban J connectivity index is 2.11. The Kier molecular flexibility index (Phi) is 8.58. The summed E-state index contributed by atoms with van der Waals surface area (Å²) in [6.07, 6.45) is 0.174. The Labute approximate surface area is 183 Å². The molecule has 0 bridgehead atoms. The number of rotatable bonds is 8. The van der Waals surface area contributed by atoms with E-state index in [-0.39, 0.29) is 30.1 Å². The summed E-state index contributed by atoms with van der Waals surface area (Å²) < 4.78 is 5.74. The van der Waals surface area contributed by atoms with Crippen molar-refractivity contribution in [1.82, 2.24) is 5.32 Å². The molecule has 4 nitrogen and oxygen atoms in total. The van der Waals surface area contributed by atoms with Gasteiger partial charge < -0.3 is 10.1 Å². The Hall–Kier alpha value is -1.31. The minimum atomic E-state index is -0.330. The maximum Gasteiger partial charge on any atom is 0.307 e. The lowest BCUT2D eigenvalue weighted by molar-refractivity contribution is -0.140. The highest BCUT2D eigenvalue weighted by Gasteiger charge is 2.21. The van der Waals surface area contributed by atoms with E-state index in [2.05, 4.69) is 65.8 Å². The second kappa shape index (κ2) is 10.5. The molecule has 0 aliphatic carbocycles. The fourth-order valence-corrected chi connectivity index (χ4v) is 5.59. The van der Waals surface area contributed by atoms with Crippen LogP contribution < -0.4 is 5.32 Å². The first kappa shape index (κ1) is 23.0. The number of amides is 1. The zero-order valence-corrected chi connectivity index (χ0v) is 20.0. The van der Waals surface area contributed by atoms with Gasteiger partial charge in [-0.1, -0.05) is 29.8 Å². The van der Waals surface area contributed by atoms with Gasteiger partial charge in [-0.25, -0.2) is 0 Å². The second-order valence-corrected chi connectivity index (χ2v) is 10.1. The van der Waals surface area contributed by atoms with Crippen molar-refractivity contribution in [1.29, 1.82) is 0 Å². The SMILES string of the molecule is COC(=O)CCNC(=O)c1ccc([C@H](Sc2cc(C)c(Br)c(C)c2)C(C)C)s1. The summed E-state index contributed by atoms with van der Waals surface area (Å²) in [5.74, 6) is -0.0605. The minimum absolute atomic E-state index is 0.150. The molecule has 1 amide bonds. The van der Waals surface area contributed by atoms with Crippen LogP contribution in [0.25, 0.3) is 0 Å². The third kappa shape index (κ3) is 6.09. The average Bonchev–Trinajstić information content (AvgIpc) is 3.13. The van der Waals surface area contributed by atoms with Gasteiger partial charge in [0.2, 0.25) is 0 Å². The summed E-state index contributed by atoms with van der Waals surface area (Å²) in [6, 6.07) is 8.30. The summed E-state index contributed by atoms with van der Waals surface area (Å²) in [5, 5.41) is 3.04. The molecule has 0 spiro atoms. The van der Waals surface area contributed by atoms with Gasteiger partial charge in [-0.2, -0.15) is 0 Å². The number of carbonyl (C=O) groups excluding carboxylic acids is 2. The molecule has 1 atom stereocenters. The number of nitrogens with one attached hydrogen (secondary N) is 1. The van der Waals surface area contributed by atoms with Gasteiger partial charge in [0.05, 0.1) is 18.4 Å². The van der Waals surface area contributed by atoms with Crippen molar-refractivity contribution in [3.63, 3.8) is 0 Å². The van der Waals surface area contributed by atoms with Crippen molar-refractivity contribution in [3.05, 3.63) is 49.6 Å². The van der Waals surface area contributed by atoms with Gasteiger partial charge in [0.15, 0.2) is 0 Å². The molecule has 0 saturated carbocycles. The fourth-order valence-electron chi connectivity index (χ4n) is 2.74. The van der Waals surface area contributed by atoms with Gasteiger partial charge >= 0.3 is 5.97 Å². The number of carbonyl (C=O) groups is 2. The number of hydrogen-bond donors (Lipinski definition) is 1. The highest BCUT2D eigenvalue weighted by atomic mass is 79.9. The number of aryl methyl sites for hydroxylation is 2. The number of hydrogen-bond acceptors (Lipinski definition) is 5. The summed E-state index contributed by atoms with van der Waals surface area (Å²) in [7, 11) is 1.34. The van der Waals surface area contributed by atoms with Crippen LogP contribution in [0.15, 0.2) is 33.6 Å². The molecule has 28 heavy (non-hydrogen) atoms. The van der Waals surface area contributed by atoms with E-state index in [1.165, 1.54) is 39.3 Å². The molecule has 1 N–H and O–H groups in total. The van der Waals surface area contributed by atoms with Gasteiger partial charge in [-0.3, -0.25) is 9.59 Å². The monoisotopic (exact) mass is 483 g/mol. The highest BCUT2D eigenvalue weighted by Crippen LogP contribution is 2.44. The second-order valence-electron chi connectivity index (χ2n) is 6.94. The van der Waals surface area contributed by atoms with Gasteiger partial charge in [0, 0.05) is 26.0 Å². The molecule has 1 aromatic carbocycles. The number of methoxy groups -OCH3 is 1. The van der Waals surface area contributed by atoms with Crippen LogP contribution in [0.1, 0.15) is 51.2 Å². The fraction of sp³-hybridized carbons (Fsp3) is 0.429. The van der Waals surface area contributed by atoms with E-state index in [1.54, 1.807) is 0 Å². The summed E-state index contributed by atoms with van der Waals surface area (Å²) in [4.78, 5) is 26.6. The third-order valence-corrected chi connectivity index (χ3v) is 8.38. The zero-order chi connectivity index (χ0) is 20.8. The van der Waals surface area contributed by atoms with E-state index in [0.717, 1.165) is 4.47 Å². The lowest BCUT2D eigenvalue weighted by Crippen LogP contribution is -2.25. The van der Waals surface area contributed by atoms with Crippen LogP contribution in [0.3, 0.4) is 0 Å². The first-order valence-electron chi connectivity index (χ1n) is 9.11. The molecule has 1 heterocycles. The van der Waals surface area contributed by atoms with Crippen molar-refractivity contribution in [2.75, 3.05) is 13.7 Å². The number of benzene rings is 1. The molecule has 0 aliphatic heterocycles. The minimum Gasteiger partial charge on any atom is -0.469 e. The topological polar surface area (TPSA) is 55.4 Å². The maximum absolute atomic E-state index is 12.3. The lowest BCUT2D eigenvalue weighted by atomic mass is 10.1. The molecule has 2 aromatic rings. The van der Waals surface area contributed by atoms with E-state index in [9.17, 15) is 9.59 Å². The lowest BCUT2D eigenvalue weighted by Gasteiger charge is -2.20. The quantitative estimate of drug-likeness (QED) is 0.374. The zero-order valence-electron chi connectivity index (χ0n) is 16.8. The first-order valence-corrected chi connectivity index (χ1v) is 11.6. The number of thiophene rings is 1. The third-order valence-electron chi connectivity index (χ3n) is 4.25. The predicted molar refractivity (Wildman–Crippen MR) is 120 cm³/mol. The molecule has 2 rings (SSSR count). The Morgan fingerprint density at radius 1 is 1.21 bits per heavy atom. The van der Waals surface area contributed by atoms with Crippen molar-refractivity contribution >= 4 is 50.9 Å². The summed E-state index contributed by atoms with van der Waals surface area (Å²) in [6.45, 7) is 8.89. The van der Waals surface area contributed by atoms with E-state index in [1.807, 2.05) is 23.9 Å². The number of ether oxygens (including phenoxy) is 1. The Morgan fingerprint density at radius 2 is 1.86 bits per heavy atom. The van der Waals surface area contributed by atoms with Gasteiger partial charge in [-0.15, -0.1) is 23.1 Å². The molecule has 0 radical (unpaired) electrons. The Morgan fingerprint density at radius 3 is 2.43 bits per heavy atom. The largest absolute Gasteiger partial charge is 0.469 e. The summed E-state index contributed by atoms with van der Waals surface area (Å²) >= 11 is 6.97. The maximum atomic E-state index is 12.3. The van der Waals surface area contributed by atoms with Crippen LogP contribution in [0.4, 0.5) is 0 Å². The number of halogens is 1. The van der Waals surface area contributed by atoms with Crippen LogP contribution >= 0.6 is 39.0 Å². The molecule has 1 aromatic heterocycles. The van der Waals surface area contributed by atoms with Crippen LogP contribution in [0, 0.1) is 19.8 Å². The standard InChI is InChI=1S/C21H26BrNO3S2/c1-12(2)20(27-15-10-13(3)19(22)14(4)11-15)16-6-7-17(28-16)21(25)23-9-8-18(24)26-5/h6-7,10-12,20H,8-9H2,1-5H3,(H,23,25)/t20-/m1/s1. The average molecular weight is 484 g/mol. The molecular formula is C21H26BrNO3S2. The smallest absolute Gasteiger partial charge is 0.307 e. The number of esters is 1. The molecule has 0 unspecified atom stereocenters. The predicted octanol–water partition coefficient (Wildman–Crippen LogP) is 5.91. The van der Waals surface area contributed by atoms with Crippen molar-refractivity contribution in [2.45, 2.75) is 44.3 Å². The van der Waals surface area contributed by atoms with Gasteiger partial charge in [-0.05, 0) is 55.2 Å². The van der Waals surface area contributed by atoms with E-state index < -0.39 is 0 Å². The van der Waals surface area contributed by atoms with Gasteiger partial charge in [0.25, 0.3) is 5.91 Å².